The largest absolute Gasteiger partial charge is 0.495 e. The molecule has 134 valence electrons. The summed E-state index contributed by atoms with van der Waals surface area (Å²) < 4.78 is 32.8. The summed E-state index contributed by atoms with van der Waals surface area (Å²) in [6, 6.07) is 21.4. The Morgan fingerprint density at radius 2 is 1.54 bits per heavy atom. The number of sulfonamides is 1. The number of nitrogens with one attached hydrogen (secondary N) is 2. The molecule has 0 atom stereocenters. The van der Waals surface area contributed by atoms with E-state index in [0.717, 1.165) is 22.7 Å². The number of aryl methyl sites for hydroxylation is 1. The van der Waals surface area contributed by atoms with Gasteiger partial charge in [0.2, 0.25) is 0 Å². The van der Waals surface area contributed by atoms with E-state index in [4.69, 9.17) is 4.74 Å². The van der Waals surface area contributed by atoms with Crippen molar-refractivity contribution < 1.29 is 13.2 Å². The molecule has 5 nitrogen and oxygen atoms in total. The molecule has 0 saturated carbocycles. The van der Waals surface area contributed by atoms with Crippen LogP contribution in [0, 0.1) is 6.92 Å². The van der Waals surface area contributed by atoms with E-state index in [1.54, 1.807) is 49.6 Å². The summed E-state index contributed by atoms with van der Waals surface area (Å²) in [7, 11) is -1.99. The van der Waals surface area contributed by atoms with Gasteiger partial charge in [0, 0.05) is 11.4 Å². The van der Waals surface area contributed by atoms with E-state index >= 15 is 0 Å². The van der Waals surface area contributed by atoms with Crippen LogP contribution < -0.4 is 14.8 Å². The number of hydrogen-bond acceptors (Lipinski definition) is 4. The van der Waals surface area contributed by atoms with Crippen LogP contribution in [0.25, 0.3) is 0 Å². The third-order valence-electron chi connectivity index (χ3n) is 3.82. The third kappa shape index (κ3) is 4.15. The van der Waals surface area contributed by atoms with Crippen LogP contribution in [0.3, 0.4) is 0 Å². The molecule has 26 heavy (non-hydrogen) atoms. The molecule has 0 heterocycles. The molecule has 3 rings (SSSR count). The maximum atomic E-state index is 12.5. The number of para-hydroxylation sites is 2. The van der Waals surface area contributed by atoms with Gasteiger partial charge in [0.05, 0.1) is 17.7 Å². The molecule has 0 aliphatic heterocycles. The van der Waals surface area contributed by atoms with Gasteiger partial charge in [-0.15, -0.1) is 0 Å². The third-order valence-corrected chi connectivity index (χ3v) is 5.20. The minimum Gasteiger partial charge on any atom is -0.495 e. The average molecular weight is 368 g/mol. The van der Waals surface area contributed by atoms with Crippen LogP contribution in [0.4, 0.5) is 17.1 Å². The zero-order chi connectivity index (χ0) is 18.6. The van der Waals surface area contributed by atoms with Crippen molar-refractivity contribution in [2.45, 2.75) is 11.8 Å². The second-order valence-electron chi connectivity index (χ2n) is 5.82. The molecule has 0 unspecified atom stereocenters. The van der Waals surface area contributed by atoms with Crippen LogP contribution in [0.1, 0.15) is 5.56 Å². The van der Waals surface area contributed by atoms with Gasteiger partial charge in [-0.2, -0.15) is 0 Å². The topological polar surface area (TPSA) is 67.4 Å². The number of methoxy groups -OCH3 is 1. The van der Waals surface area contributed by atoms with Crippen LogP contribution >= 0.6 is 0 Å². The van der Waals surface area contributed by atoms with Crippen molar-refractivity contribution in [3.63, 3.8) is 0 Å². The number of ether oxygens (including phenoxy) is 1. The Labute approximate surface area is 153 Å². The Morgan fingerprint density at radius 3 is 2.23 bits per heavy atom. The van der Waals surface area contributed by atoms with Gasteiger partial charge in [-0.25, -0.2) is 8.42 Å². The van der Waals surface area contributed by atoms with Gasteiger partial charge in [0.15, 0.2) is 0 Å². The highest BCUT2D eigenvalue weighted by atomic mass is 32.2. The standard InChI is InChI=1S/C20H20N2O3S/c1-15-6-5-7-18(14-15)26(23,24)22-17-12-10-16(11-13-17)21-19-8-3-4-9-20(19)25-2/h3-14,21-22H,1-2H3. The fourth-order valence-corrected chi connectivity index (χ4v) is 3.68. The maximum Gasteiger partial charge on any atom is 0.261 e. The molecule has 0 saturated heterocycles. The molecule has 0 fully saturated rings. The van der Waals surface area contributed by atoms with E-state index in [0.29, 0.717) is 5.69 Å². The quantitative estimate of drug-likeness (QED) is 0.670. The lowest BCUT2D eigenvalue weighted by atomic mass is 10.2. The zero-order valence-corrected chi connectivity index (χ0v) is 15.4. The first-order valence-corrected chi connectivity index (χ1v) is 9.56. The highest BCUT2D eigenvalue weighted by Crippen LogP contribution is 2.28. The monoisotopic (exact) mass is 368 g/mol. The number of benzene rings is 3. The number of hydrogen-bond donors (Lipinski definition) is 2. The van der Waals surface area contributed by atoms with E-state index in [9.17, 15) is 8.42 Å². The van der Waals surface area contributed by atoms with Gasteiger partial charge in [-0.3, -0.25) is 4.72 Å². The van der Waals surface area contributed by atoms with Crippen molar-refractivity contribution in [2.24, 2.45) is 0 Å². The molecule has 3 aromatic carbocycles. The number of anilines is 3. The van der Waals surface area contributed by atoms with E-state index in [-0.39, 0.29) is 4.90 Å². The van der Waals surface area contributed by atoms with E-state index in [1.807, 2.05) is 37.3 Å². The Bertz CT molecular complexity index is 1000. The SMILES string of the molecule is COc1ccccc1Nc1ccc(NS(=O)(=O)c2cccc(C)c2)cc1. The molecule has 2 N–H and O–H groups in total. The summed E-state index contributed by atoms with van der Waals surface area (Å²) in [6.07, 6.45) is 0. The van der Waals surface area contributed by atoms with Crippen LogP contribution in [0.5, 0.6) is 5.75 Å². The molecule has 0 aliphatic rings. The predicted molar refractivity (Wildman–Crippen MR) is 105 cm³/mol. The summed E-state index contributed by atoms with van der Waals surface area (Å²) in [5, 5.41) is 3.25. The molecule has 3 aromatic rings. The maximum absolute atomic E-state index is 12.5. The highest BCUT2D eigenvalue weighted by Gasteiger charge is 2.14. The van der Waals surface area contributed by atoms with E-state index in [1.165, 1.54) is 0 Å². The summed E-state index contributed by atoms with van der Waals surface area (Å²) >= 11 is 0. The Hall–Kier alpha value is -2.99. The van der Waals surface area contributed by atoms with Gasteiger partial charge < -0.3 is 10.1 Å². The fourth-order valence-electron chi connectivity index (χ4n) is 2.52. The predicted octanol–water partition coefficient (Wildman–Crippen LogP) is 4.55. The molecule has 0 aliphatic carbocycles. The van der Waals surface area contributed by atoms with Crippen molar-refractivity contribution in [1.29, 1.82) is 0 Å². The van der Waals surface area contributed by atoms with Crippen LogP contribution in [0.15, 0.2) is 77.7 Å². The summed E-state index contributed by atoms with van der Waals surface area (Å²) in [5.41, 5.74) is 3.05. The van der Waals surface area contributed by atoms with Crippen LogP contribution in [-0.2, 0) is 10.0 Å². The van der Waals surface area contributed by atoms with Crippen molar-refractivity contribution in [3.05, 3.63) is 78.4 Å². The molecule has 0 aromatic heterocycles. The van der Waals surface area contributed by atoms with Crippen molar-refractivity contribution in [1.82, 2.24) is 0 Å². The Balaban J connectivity index is 1.75. The first kappa shape index (κ1) is 17.8. The summed E-state index contributed by atoms with van der Waals surface area (Å²) in [5.74, 6) is 0.733. The second kappa shape index (κ2) is 7.49. The molecular formula is C20H20N2O3S. The van der Waals surface area contributed by atoms with Gasteiger partial charge in [0.1, 0.15) is 5.75 Å². The lowest BCUT2D eigenvalue weighted by molar-refractivity contribution is 0.417. The average Bonchev–Trinajstić information content (AvgIpc) is 2.63. The van der Waals surface area contributed by atoms with Gasteiger partial charge >= 0.3 is 0 Å². The first-order valence-electron chi connectivity index (χ1n) is 8.07. The van der Waals surface area contributed by atoms with Crippen LogP contribution in [0.2, 0.25) is 0 Å². The summed E-state index contributed by atoms with van der Waals surface area (Å²) in [6.45, 7) is 1.86. The van der Waals surface area contributed by atoms with Gasteiger partial charge in [0.25, 0.3) is 10.0 Å². The smallest absolute Gasteiger partial charge is 0.261 e. The van der Waals surface area contributed by atoms with Gasteiger partial charge in [-0.05, 0) is 61.0 Å². The minimum absolute atomic E-state index is 0.244. The first-order chi connectivity index (χ1) is 12.5. The molecule has 0 amide bonds. The van der Waals surface area contributed by atoms with Crippen molar-refractivity contribution >= 4 is 27.1 Å². The Morgan fingerprint density at radius 1 is 0.846 bits per heavy atom. The normalized spacial score (nSPS) is 11.0. The molecule has 6 heteroatoms. The van der Waals surface area contributed by atoms with Crippen molar-refractivity contribution in [3.8, 4) is 5.75 Å². The molecule has 0 bridgehead atoms. The molecule has 0 spiro atoms. The minimum atomic E-state index is -3.61. The van der Waals surface area contributed by atoms with E-state index in [2.05, 4.69) is 10.0 Å². The number of rotatable bonds is 6. The second-order valence-corrected chi connectivity index (χ2v) is 7.51. The lowest BCUT2D eigenvalue weighted by Crippen LogP contribution is -2.13. The lowest BCUT2D eigenvalue weighted by Gasteiger charge is -2.12. The summed E-state index contributed by atoms with van der Waals surface area (Å²) in [4.78, 5) is 0.244. The molecule has 0 radical (unpaired) electrons. The molecular weight excluding hydrogens is 348 g/mol. The van der Waals surface area contributed by atoms with Gasteiger partial charge in [-0.1, -0.05) is 24.3 Å². The Kier molecular flexibility index (Phi) is 5.14. The van der Waals surface area contributed by atoms with Crippen molar-refractivity contribution in [2.75, 3.05) is 17.1 Å². The van der Waals surface area contributed by atoms with E-state index < -0.39 is 10.0 Å². The fraction of sp³-hybridized carbons (Fsp3) is 0.100. The van der Waals surface area contributed by atoms with Crippen LogP contribution in [-0.4, -0.2) is 15.5 Å². The highest BCUT2D eigenvalue weighted by molar-refractivity contribution is 7.92. The zero-order valence-electron chi connectivity index (χ0n) is 14.6.